The minimum Gasteiger partial charge on any atom is -0.480 e. The van der Waals surface area contributed by atoms with Crippen LogP contribution in [0.4, 0.5) is 0 Å². The van der Waals surface area contributed by atoms with Gasteiger partial charge in [0.1, 0.15) is 6.04 Å². The van der Waals surface area contributed by atoms with Crippen molar-refractivity contribution in [2.75, 3.05) is 5.75 Å². The van der Waals surface area contributed by atoms with Gasteiger partial charge in [-0.25, -0.2) is 8.42 Å². The molecule has 1 aromatic carbocycles. The van der Waals surface area contributed by atoms with Gasteiger partial charge >= 0.3 is 5.97 Å². The average molecular weight is 299 g/mol. The average Bonchev–Trinajstić information content (AvgIpc) is 2.34. The maximum atomic E-state index is 12.0. The highest BCUT2D eigenvalue weighted by molar-refractivity contribution is 7.89. The van der Waals surface area contributed by atoms with Gasteiger partial charge in [0.15, 0.2) is 0 Å². The van der Waals surface area contributed by atoms with Gasteiger partial charge in [0, 0.05) is 0 Å². The summed E-state index contributed by atoms with van der Waals surface area (Å²) in [6, 6.07) is 7.02. The lowest BCUT2D eigenvalue weighted by Gasteiger charge is -2.20. The lowest BCUT2D eigenvalue weighted by Crippen LogP contribution is -2.36. The summed E-state index contributed by atoms with van der Waals surface area (Å²) in [4.78, 5) is 11.3. The van der Waals surface area contributed by atoms with E-state index in [1.807, 2.05) is 20.8 Å². The number of nitrogens with one attached hydrogen (secondary N) is 1. The molecule has 0 aliphatic heterocycles. The zero-order chi connectivity index (χ0) is 15.4. The Kier molecular flexibility index (Phi) is 5.30. The molecule has 0 bridgehead atoms. The fraction of sp³-hybridized carbons (Fsp3) is 0.500. The van der Waals surface area contributed by atoms with Crippen LogP contribution in [-0.2, 0) is 14.8 Å². The summed E-state index contributed by atoms with van der Waals surface area (Å²) in [5.41, 5.74) is 0.291. The highest BCUT2D eigenvalue weighted by atomic mass is 32.2. The first kappa shape index (κ1) is 16.7. The molecule has 1 rings (SSSR count). The standard InChI is InChI=1S/C14H21NO4S/c1-14(2,3)9-10-20(18,19)15-12(13(16)17)11-7-5-4-6-8-11/h4-8,12,15H,9-10H2,1-3H3,(H,16,17). The van der Waals surface area contributed by atoms with Crippen LogP contribution in [0.1, 0.15) is 38.8 Å². The van der Waals surface area contributed by atoms with Gasteiger partial charge in [0.2, 0.25) is 10.0 Å². The van der Waals surface area contributed by atoms with Gasteiger partial charge in [-0.05, 0) is 17.4 Å². The highest BCUT2D eigenvalue weighted by Crippen LogP contribution is 2.20. The first-order chi connectivity index (χ1) is 9.11. The summed E-state index contributed by atoms with van der Waals surface area (Å²) in [5.74, 6) is -1.30. The molecule has 112 valence electrons. The normalized spacial score (nSPS) is 13.9. The van der Waals surface area contributed by atoms with E-state index >= 15 is 0 Å². The maximum absolute atomic E-state index is 12.0. The Hall–Kier alpha value is -1.40. The van der Waals surface area contributed by atoms with Crippen LogP contribution >= 0.6 is 0 Å². The third-order valence-corrected chi connectivity index (χ3v) is 4.13. The van der Waals surface area contributed by atoms with Crippen LogP contribution in [0.2, 0.25) is 0 Å². The quantitative estimate of drug-likeness (QED) is 0.843. The van der Waals surface area contributed by atoms with Gasteiger partial charge < -0.3 is 5.11 Å². The molecule has 1 aromatic rings. The summed E-state index contributed by atoms with van der Waals surface area (Å²) >= 11 is 0. The molecule has 20 heavy (non-hydrogen) atoms. The predicted octanol–water partition coefficient (Wildman–Crippen LogP) is 2.17. The third kappa shape index (κ3) is 5.71. The molecule has 0 fully saturated rings. The molecule has 5 nitrogen and oxygen atoms in total. The number of hydrogen-bond donors (Lipinski definition) is 2. The van der Waals surface area contributed by atoms with Crippen molar-refractivity contribution in [2.24, 2.45) is 5.41 Å². The molecular weight excluding hydrogens is 278 g/mol. The van der Waals surface area contributed by atoms with Crippen molar-refractivity contribution in [3.8, 4) is 0 Å². The molecule has 6 heteroatoms. The van der Waals surface area contributed by atoms with E-state index in [1.165, 1.54) is 0 Å². The molecule has 0 amide bonds. The van der Waals surface area contributed by atoms with Gasteiger partial charge in [-0.15, -0.1) is 0 Å². The summed E-state index contributed by atoms with van der Waals surface area (Å²) in [6.07, 6.45) is 0.462. The lowest BCUT2D eigenvalue weighted by molar-refractivity contribution is -0.139. The maximum Gasteiger partial charge on any atom is 0.326 e. The molecule has 1 unspecified atom stereocenters. The summed E-state index contributed by atoms with van der Waals surface area (Å²) in [6.45, 7) is 5.82. The van der Waals surface area contributed by atoms with Crippen molar-refractivity contribution in [1.29, 1.82) is 0 Å². The fourth-order valence-corrected chi connectivity index (χ4v) is 3.18. The minimum absolute atomic E-state index is 0.0902. The molecule has 2 N–H and O–H groups in total. The van der Waals surface area contributed by atoms with Crippen molar-refractivity contribution in [1.82, 2.24) is 4.72 Å². The number of benzene rings is 1. The van der Waals surface area contributed by atoms with E-state index in [-0.39, 0.29) is 11.2 Å². The van der Waals surface area contributed by atoms with E-state index in [0.717, 1.165) is 0 Å². The third-order valence-electron chi connectivity index (χ3n) is 2.80. The van der Waals surface area contributed by atoms with Gasteiger partial charge in [0.05, 0.1) is 5.75 Å². The number of carboxylic acid groups (broad SMARTS) is 1. The molecule has 0 aliphatic carbocycles. The second kappa shape index (κ2) is 6.37. The molecule has 0 aliphatic rings. The van der Waals surface area contributed by atoms with Crippen LogP contribution in [0.15, 0.2) is 30.3 Å². The molecule has 0 saturated carbocycles. The molecule has 0 saturated heterocycles. The van der Waals surface area contributed by atoms with E-state index < -0.39 is 22.0 Å². The number of carbonyl (C=O) groups is 1. The van der Waals surface area contributed by atoms with Crippen molar-refractivity contribution in [3.05, 3.63) is 35.9 Å². The molecule has 0 heterocycles. The number of carboxylic acids is 1. The van der Waals surface area contributed by atoms with Crippen molar-refractivity contribution >= 4 is 16.0 Å². The molecule has 0 aromatic heterocycles. The largest absolute Gasteiger partial charge is 0.480 e. The lowest BCUT2D eigenvalue weighted by atomic mass is 9.94. The molecular formula is C14H21NO4S. The van der Waals surface area contributed by atoms with Crippen molar-refractivity contribution in [3.63, 3.8) is 0 Å². The summed E-state index contributed by atoms with van der Waals surface area (Å²) in [7, 11) is -3.64. The van der Waals surface area contributed by atoms with Gasteiger partial charge in [-0.1, -0.05) is 51.1 Å². The second-order valence-electron chi connectivity index (χ2n) is 5.93. The van der Waals surface area contributed by atoms with Crippen LogP contribution in [0.5, 0.6) is 0 Å². The Labute approximate surface area is 120 Å². The second-order valence-corrected chi connectivity index (χ2v) is 7.80. The van der Waals surface area contributed by atoms with E-state index in [1.54, 1.807) is 30.3 Å². The minimum atomic E-state index is -3.64. The first-order valence-electron chi connectivity index (χ1n) is 6.38. The Bertz CT molecular complexity index is 546. The van der Waals surface area contributed by atoms with E-state index in [9.17, 15) is 18.3 Å². The first-order valence-corrected chi connectivity index (χ1v) is 8.04. The fourth-order valence-electron chi connectivity index (χ4n) is 1.59. The number of rotatable bonds is 6. The molecule has 0 radical (unpaired) electrons. The van der Waals surface area contributed by atoms with E-state index in [0.29, 0.717) is 12.0 Å². The van der Waals surface area contributed by atoms with E-state index in [4.69, 9.17) is 0 Å². The summed E-state index contributed by atoms with van der Waals surface area (Å²) in [5, 5.41) is 9.19. The zero-order valence-electron chi connectivity index (χ0n) is 12.0. The van der Waals surface area contributed by atoms with Crippen molar-refractivity contribution in [2.45, 2.75) is 33.2 Å². The van der Waals surface area contributed by atoms with Gasteiger partial charge in [-0.3, -0.25) is 4.79 Å². The van der Waals surface area contributed by atoms with Crippen LogP contribution in [0, 0.1) is 5.41 Å². The predicted molar refractivity (Wildman–Crippen MR) is 77.8 cm³/mol. The van der Waals surface area contributed by atoms with Gasteiger partial charge in [0.25, 0.3) is 0 Å². The molecule has 0 spiro atoms. The Morgan fingerprint density at radius 1 is 1.25 bits per heavy atom. The van der Waals surface area contributed by atoms with Crippen LogP contribution < -0.4 is 4.72 Å². The number of hydrogen-bond acceptors (Lipinski definition) is 3. The SMILES string of the molecule is CC(C)(C)CCS(=O)(=O)NC(C(=O)O)c1ccccc1. The van der Waals surface area contributed by atoms with Crippen LogP contribution in [-0.4, -0.2) is 25.2 Å². The van der Waals surface area contributed by atoms with Gasteiger partial charge in [-0.2, -0.15) is 4.72 Å². The number of aliphatic carboxylic acids is 1. The zero-order valence-corrected chi connectivity index (χ0v) is 12.8. The van der Waals surface area contributed by atoms with Crippen molar-refractivity contribution < 1.29 is 18.3 Å². The Balaban J connectivity index is 2.84. The Morgan fingerprint density at radius 3 is 2.25 bits per heavy atom. The number of sulfonamides is 1. The Morgan fingerprint density at radius 2 is 1.80 bits per heavy atom. The highest BCUT2D eigenvalue weighted by Gasteiger charge is 2.26. The van der Waals surface area contributed by atoms with Crippen LogP contribution in [0.25, 0.3) is 0 Å². The topological polar surface area (TPSA) is 83.5 Å². The van der Waals surface area contributed by atoms with Crippen LogP contribution in [0.3, 0.4) is 0 Å². The summed E-state index contributed by atoms with van der Waals surface area (Å²) < 4.78 is 26.2. The molecule has 1 atom stereocenters. The van der Waals surface area contributed by atoms with E-state index in [2.05, 4.69) is 4.72 Å². The monoisotopic (exact) mass is 299 g/mol. The smallest absolute Gasteiger partial charge is 0.326 e.